The molecule has 4 heteroatoms. The van der Waals surface area contributed by atoms with Crippen molar-refractivity contribution in [1.29, 1.82) is 0 Å². The molecule has 0 unspecified atom stereocenters. The van der Waals surface area contributed by atoms with Crippen molar-refractivity contribution >= 4 is 11.6 Å². The first-order valence-corrected chi connectivity index (χ1v) is 5.53. The van der Waals surface area contributed by atoms with Crippen LogP contribution < -0.4 is 10.6 Å². The maximum absolute atomic E-state index is 5.63. The van der Waals surface area contributed by atoms with Crippen molar-refractivity contribution in [2.75, 3.05) is 11.9 Å². The molecule has 2 aromatic rings. The topological polar surface area (TPSA) is 55.0 Å². The summed E-state index contributed by atoms with van der Waals surface area (Å²) in [4.78, 5) is 10.6. The average Bonchev–Trinajstić information content (AvgIpc) is 2.38. The van der Waals surface area contributed by atoms with Crippen LogP contribution in [0.4, 0.5) is 11.6 Å². The van der Waals surface area contributed by atoms with Crippen LogP contribution in [0.25, 0.3) is 0 Å². The minimum Gasteiger partial charge on any atom is -0.326 e. The van der Waals surface area contributed by atoms with E-state index in [2.05, 4.69) is 9.97 Å². The van der Waals surface area contributed by atoms with Crippen LogP contribution in [-0.2, 0) is 6.54 Å². The van der Waals surface area contributed by atoms with Gasteiger partial charge in [0.05, 0.1) is 0 Å². The van der Waals surface area contributed by atoms with Crippen LogP contribution in [0.5, 0.6) is 0 Å². The Morgan fingerprint density at radius 2 is 2.12 bits per heavy atom. The van der Waals surface area contributed by atoms with Crippen LogP contribution in [0.15, 0.2) is 36.5 Å². The second-order valence-electron chi connectivity index (χ2n) is 3.93. The molecular formula is C13H16N4. The predicted molar refractivity (Wildman–Crippen MR) is 69.2 cm³/mol. The zero-order valence-electron chi connectivity index (χ0n) is 10.1. The number of hydrogen-bond acceptors (Lipinski definition) is 4. The summed E-state index contributed by atoms with van der Waals surface area (Å²) in [6.45, 7) is 2.49. The van der Waals surface area contributed by atoms with Crippen molar-refractivity contribution in [2.45, 2.75) is 13.5 Å². The Kier molecular flexibility index (Phi) is 3.35. The fraction of sp³-hybridized carbons (Fsp3) is 0.231. The second kappa shape index (κ2) is 4.93. The number of hydrogen-bond donors (Lipinski definition) is 1. The van der Waals surface area contributed by atoms with Gasteiger partial charge in [0.1, 0.15) is 0 Å². The highest BCUT2D eigenvalue weighted by molar-refractivity contribution is 5.57. The lowest BCUT2D eigenvalue weighted by molar-refractivity contribution is 1.01. The summed E-state index contributed by atoms with van der Waals surface area (Å²) in [6, 6.07) is 9.95. The number of benzene rings is 1. The van der Waals surface area contributed by atoms with Crippen molar-refractivity contribution in [3.05, 3.63) is 47.8 Å². The first-order valence-electron chi connectivity index (χ1n) is 5.53. The Labute approximate surface area is 101 Å². The molecule has 1 aromatic heterocycles. The van der Waals surface area contributed by atoms with Crippen molar-refractivity contribution in [2.24, 2.45) is 5.73 Å². The van der Waals surface area contributed by atoms with Crippen molar-refractivity contribution in [3.63, 3.8) is 0 Å². The molecule has 0 fully saturated rings. The van der Waals surface area contributed by atoms with Gasteiger partial charge in [-0.1, -0.05) is 12.1 Å². The van der Waals surface area contributed by atoms with E-state index in [1.165, 1.54) is 0 Å². The largest absolute Gasteiger partial charge is 0.326 e. The van der Waals surface area contributed by atoms with Gasteiger partial charge in [-0.3, -0.25) is 0 Å². The zero-order valence-corrected chi connectivity index (χ0v) is 10.1. The molecule has 88 valence electrons. The van der Waals surface area contributed by atoms with E-state index in [4.69, 9.17) is 5.73 Å². The SMILES string of the molecule is Cc1ccnc(N(C)c2cccc(CN)c2)n1. The Morgan fingerprint density at radius 3 is 2.82 bits per heavy atom. The highest BCUT2D eigenvalue weighted by Gasteiger charge is 2.06. The van der Waals surface area contributed by atoms with Crippen LogP contribution in [0.3, 0.4) is 0 Å². The Morgan fingerprint density at radius 1 is 1.29 bits per heavy atom. The smallest absolute Gasteiger partial charge is 0.229 e. The number of rotatable bonds is 3. The molecule has 0 atom stereocenters. The Hall–Kier alpha value is -1.94. The molecule has 0 saturated carbocycles. The third-order valence-electron chi connectivity index (χ3n) is 2.62. The fourth-order valence-corrected chi connectivity index (χ4v) is 1.60. The lowest BCUT2D eigenvalue weighted by atomic mass is 10.2. The molecule has 2 rings (SSSR count). The summed E-state index contributed by atoms with van der Waals surface area (Å²) in [6.07, 6.45) is 1.76. The van der Waals surface area contributed by atoms with Crippen molar-refractivity contribution in [3.8, 4) is 0 Å². The van der Waals surface area contributed by atoms with Gasteiger partial charge in [0, 0.05) is 31.2 Å². The van der Waals surface area contributed by atoms with Crippen molar-refractivity contribution in [1.82, 2.24) is 9.97 Å². The summed E-state index contributed by atoms with van der Waals surface area (Å²) < 4.78 is 0. The highest BCUT2D eigenvalue weighted by Crippen LogP contribution is 2.20. The van der Waals surface area contributed by atoms with E-state index in [0.717, 1.165) is 16.9 Å². The van der Waals surface area contributed by atoms with Gasteiger partial charge in [-0.2, -0.15) is 0 Å². The summed E-state index contributed by atoms with van der Waals surface area (Å²) in [7, 11) is 1.95. The molecular weight excluding hydrogens is 212 g/mol. The molecule has 2 N–H and O–H groups in total. The van der Waals surface area contributed by atoms with Crippen LogP contribution >= 0.6 is 0 Å². The van der Waals surface area contributed by atoms with Gasteiger partial charge in [-0.15, -0.1) is 0 Å². The molecule has 17 heavy (non-hydrogen) atoms. The summed E-state index contributed by atoms with van der Waals surface area (Å²) in [5, 5.41) is 0. The van der Waals surface area contributed by atoms with Crippen molar-refractivity contribution < 1.29 is 0 Å². The molecule has 1 aromatic carbocycles. The maximum atomic E-state index is 5.63. The molecule has 4 nitrogen and oxygen atoms in total. The molecule has 0 radical (unpaired) electrons. The molecule has 0 aliphatic heterocycles. The van der Waals surface area contributed by atoms with Gasteiger partial charge in [0.2, 0.25) is 5.95 Å². The quantitative estimate of drug-likeness (QED) is 0.873. The lowest BCUT2D eigenvalue weighted by Gasteiger charge is -2.17. The van der Waals surface area contributed by atoms with Crippen LogP contribution in [0, 0.1) is 6.92 Å². The van der Waals surface area contributed by atoms with E-state index in [1.54, 1.807) is 6.20 Å². The van der Waals surface area contributed by atoms with Gasteiger partial charge in [0.25, 0.3) is 0 Å². The monoisotopic (exact) mass is 228 g/mol. The van der Waals surface area contributed by atoms with Gasteiger partial charge < -0.3 is 10.6 Å². The van der Waals surface area contributed by atoms with Gasteiger partial charge in [-0.05, 0) is 30.7 Å². The molecule has 0 aliphatic carbocycles. The van der Waals surface area contributed by atoms with Crippen LogP contribution in [-0.4, -0.2) is 17.0 Å². The normalized spacial score (nSPS) is 10.3. The molecule has 0 amide bonds. The lowest BCUT2D eigenvalue weighted by Crippen LogP contribution is -2.13. The van der Waals surface area contributed by atoms with E-state index >= 15 is 0 Å². The first kappa shape index (κ1) is 11.5. The van der Waals surface area contributed by atoms with Gasteiger partial charge in [-0.25, -0.2) is 9.97 Å². The molecule has 0 aliphatic rings. The van der Waals surface area contributed by atoms with Gasteiger partial charge in [0.15, 0.2) is 0 Å². The molecule has 0 spiro atoms. The summed E-state index contributed by atoms with van der Waals surface area (Å²) in [5.41, 5.74) is 8.73. The second-order valence-corrected chi connectivity index (χ2v) is 3.93. The molecule has 0 bridgehead atoms. The highest BCUT2D eigenvalue weighted by atomic mass is 15.2. The number of aryl methyl sites for hydroxylation is 1. The minimum atomic E-state index is 0.538. The summed E-state index contributed by atoms with van der Waals surface area (Å²) >= 11 is 0. The average molecular weight is 228 g/mol. The Balaban J connectivity index is 2.33. The minimum absolute atomic E-state index is 0.538. The van der Waals surface area contributed by atoms with E-state index in [1.807, 2.05) is 49.2 Å². The molecule has 1 heterocycles. The Bertz CT molecular complexity index is 510. The molecule has 0 saturated heterocycles. The number of anilines is 2. The number of nitrogens with two attached hydrogens (primary N) is 1. The standard InChI is InChI=1S/C13H16N4/c1-10-6-7-15-13(16-10)17(2)12-5-3-4-11(8-12)9-14/h3-8H,9,14H2,1-2H3. The fourth-order valence-electron chi connectivity index (χ4n) is 1.60. The summed E-state index contributed by atoms with van der Waals surface area (Å²) in [5.74, 6) is 0.694. The van der Waals surface area contributed by atoms with E-state index in [0.29, 0.717) is 12.5 Å². The predicted octanol–water partition coefficient (Wildman–Crippen LogP) is 2.01. The van der Waals surface area contributed by atoms with E-state index in [9.17, 15) is 0 Å². The third-order valence-corrected chi connectivity index (χ3v) is 2.62. The third kappa shape index (κ3) is 2.60. The van der Waals surface area contributed by atoms with E-state index in [-0.39, 0.29) is 0 Å². The first-order chi connectivity index (χ1) is 8.20. The van der Waals surface area contributed by atoms with Crippen LogP contribution in [0.1, 0.15) is 11.3 Å². The zero-order chi connectivity index (χ0) is 12.3. The maximum Gasteiger partial charge on any atom is 0.229 e. The number of nitrogens with zero attached hydrogens (tertiary/aromatic N) is 3. The number of aromatic nitrogens is 2. The van der Waals surface area contributed by atoms with Crippen LogP contribution in [0.2, 0.25) is 0 Å². The van der Waals surface area contributed by atoms with E-state index < -0.39 is 0 Å². The van der Waals surface area contributed by atoms with Gasteiger partial charge >= 0.3 is 0 Å².